The van der Waals surface area contributed by atoms with Crippen LogP contribution in [0.25, 0.3) is 0 Å². The van der Waals surface area contributed by atoms with Crippen molar-refractivity contribution in [2.24, 2.45) is 11.8 Å². The van der Waals surface area contributed by atoms with Gasteiger partial charge in [-0.15, -0.1) is 0 Å². The molecular weight excluding hydrogens is 252 g/mol. The predicted molar refractivity (Wildman–Crippen MR) is 70.2 cm³/mol. The Hall–Kier alpha value is -1.18. The van der Waals surface area contributed by atoms with Crippen LogP contribution in [0.3, 0.4) is 0 Å². The van der Waals surface area contributed by atoms with Crippen LogP contribution in [0.1, 0.15) is 12.0 Å². The summed E-state index contributed by atoms with van der Waals surface area (Å²) >= 11 is 0. The number of hydrazine groups is 1. The first kappa shape index (κ1) is 13.3. The number of sulfone groups is 1. The molecule has 1 aromatic heterocycles. The Balaban J connectivity index is 2.09. The van der Waals surface area contributed by atoms with Crippen molar-refractivity contribution in [2.45, 2.75) is 18.9 Å². The number of anilines is 1. The highest BCUT2D eigenvalue weighted by molar-refractivity contribution is 7.91. The Morgan fingerprint density at radius 2 is 2.33 bits per heavy atom. The Morgan fingerprint density at radius 3 is 2.89 bits per heavy atom. The zero-order valence-corrected chi connectivity index (χ0v) is 10.9. The van der Waals surface area contributed by atoms with Gasteiger partial charge in [0.1, 0.15) is 5.82 Å². The molecule has 1 saturated heterocycles. The number of nitrogens with one attached hydrogen (secondary N) is 1. The number of nitrogens with zero attached hydrogens (tertiary/aromatic N) is 1. The molecule has 6 nitrogen and oxygen atoms in total. The molecule has 2 heterocycles. The van der Waals surface area contributed by atoms with Gasteiger partial charge in [0.15, 0.2) is 9.84 Å². The smallest absolute Gasteiger partial charge is 0.150 e. The topological polar surface area (TPSA) is 111 Å². The molecule has 1 aliphatic heterocycles. The second-order valence-corrected chi connectivity index (χ2v) is 6.92. The first-order chi connectivity index (χ1) is 8.52. The second kappa shape index (κ2) is 5.21. The van der Waals surface area contributed by atoms with Crippen molar-refractivity contribution in [3.05, 3.63) is 23.9 Å². The van der Waals surface area contributed by atoms with E-state index >= 15 is 0 Å². The number of nitrogens with two attached hydrogens (primary N) is 2. The Labute approximate surface area is 107 Å². The predicted octanol–water partition coefficient (Wildman–Crippen LogP) is -0.527. The van der Waals surface area contributed by atoms with E-state index in [2.05, 4.69) is 10.4 Å². The van der Waals surface area contributed by atoms with Crippen molar-refractivity contribution < 1.29 is 8.42 Å². The summed E-state index contributed by atoms with van der Waals surface area (Å²) < 4.78 is 23.0. The molecule has 2 rings (SSSR count). The summed E-state index contributed by atoms with van der Waals surface area (Å²) in [6, 6.07) is 3.61. The Kier molecular flexibility index (Phi) is 3.84. The van der Waals surface area contributed by atoms with Gasteiger partial charge in [0, 0.05) is 12.2 Å². The molecule has 0 amide bonds. The van der Waals surface area contributed by atoms with Crippen LogP contribution in [0.15, 0.2) is 18.3 Å². The molecule has 0 aromatic carbocycles. The van der Waals surface area contributed by atoms with Gasteiger partial charge in [0.05, 0.1) is 11.5 Å². The van der Waals surface area contributed by atoms with E-state index in [1.165, 1.54) is 0 Å². The summed E-state index contributed by atoms with van der Waals surface area (Å²) in [6.45, 7) is 0. The Bertz CT molecular complexity index is 518. The molecule has 2 atom stereocenters. The number of nitrogen functional groups attached to an aromatic ring is 1. The SMILES string of the molecule is NNC(Cc1cccnc1N)C1CCS(=O)(=O)C1. The van der Waals surface area contributed by atoms with E-state index in [1.807, 2.05) is 12.1 Å². The van der Waals surface area contributed by atoms with Crippen molar-refractivity contribution in [2.75, 3.05) is 17.2 Å². The third-order valence-corrected chi connectivity index (χ3v) is 5.21. The van der Waals surface area contributed by atoms with Gasteiger partial charge in [-0.1, -0.05) is 6.07 Å². The minimum absolute atomic E-state index is 0.0413. The summed E-state index contributed by atoms with van der Waals surface area (Å²) in [4.78, 5) is 4.01. The fourth-order valence-corrected chi connectivity index (χ4v) is 4.24. The highest BCUT2D eigenvalue weighted by atomic mass is 32.2. The number of hydrogen-bond acceptors (Lipinski definition) is 6. The first-order valence-electron chi connectivity index (χ1n) is 5.88. The molecule has 1 aliphatic rings. The fourth-order valence-electron chi connectivity index (χ4n) is 2.36. The summed E-state index contributed by atoms with van der Waals surface area (Å²) in [5.74, 6) is 6.49. The fraction of sp³-hybridized carbons (Fsp3) is 0.545. The van der Waals surface area contributed by atoms with Gasteiger partial charge in [-0.05, 0) is 30.4 Å². The lowest BCUT2D eigenvalue weighted by Crippen LogP contribution is -2.43. The molecule has 18 heavy (non-hydrogen) atoms. The molecule has 0 spiro atoms. The lowest BCUT2D eigenvalue weighted by molar-refractivity contribution is 0.385. The van der Waals surface area contributed by atoms with Gasteiger partial charge in [-0.3, -0.25) is 11.3 Å². The van der Waals surface area contributed by atoms with Crippen molar-refractivity contribution >= 4 is 15.7 Å². The van der Waals surface area contributed by atoms with E-state index in [0.717, 1.165) is 5.56 Å². The highest BCUT2D eigenvalue weighted by Crippen LogP contribution is 2.24. The van der Waals surface area contributed by atoms with Gasteiger partial charge in [-0.25, -0.2) is 13.4 Å². The average Bonchev–Trinajstić information content (AvgIpc) is 2.68. The molecule has 0 radical (unpaired) electrons. The molecule has 7 heteroatoms. The monoisotopic (exact) mass is 270 g/mol. The van der Waals surface area contributed by atoms with Gasteiger partial charge < -0.3 is 5.73 Å². The summed E-state index contributed by atoms with van der Waals surface area (Å²) in [5, 5.41) is 0. The number of hydrogen-bond donors (Lipinski definition) is 3. The minimum Gasteiger partial charge on any atom is -0.383 e. The standard InChI is InChI=1S/C11H18N4O2S/c12-11-8(2-1-4-14-11)6-10(15-13)9-3-5-18(16,17)7-9/h1-2,4,9-10,15H,3,5-7,13H2,(H2,12,14). The van der Waals surface area contributed by atoms with E-state index in [9.17, 15) is 8.42 Å². The lowest BCUT2D eigenvalue weighted by atomic mass is 9.94. The van der Waals surface area contributed by atoms with E-state index in [-0.39, 0.29) is 23.5 Å². The van der Waals surface area contributed by atoms with E-state index in [1.54, 1.807) is 6.20 Å². The molecule has 5 N–H and O–H groups in total. The molecule has 2 unspecified atom stereocenters. The number of pyridine rings is 1. The van der Waals surface area contributed by atoms with Crippen LogP contribution in [0.2, 0.25) is 0 Å². The Morgan fingerprint density at radius 1 is 1.56 bits per heavy atom. The second-order valence-electron chi connectivity index (χ2n) is 4.69. The van der Waals surface area contributed by atoms with Gasteiger partial charge >= 0.3 is 0 Å². The van der Waals surface area contributed by atoms with Crippen LogP contribution in [0.5, 0.6) is 0 Å². The van der Waals surface area contributed by atoms with Crippen LogP contribution in [0.4, 0.5) is 5.82 Å². The summed E-state index contributed by atoms with van der Waals surface area (Å²) in [6.07, 6.45) is 2.87. The van der Waals surface area contributed by atoms with Crippen LogP contribution in [0, 0.1) is 5.92 Å². The average molecular weight is 270 g/mol. The molecule has 0 bridgehead atoms. The van der Waals surface area contributed by atoms with Crippen LogP contribution in [-0.4, -0.2) is 30.9 Å². The van der Waals surface area contributed by atoms with Crippen molar-refractivity contribution in [3.63, 3.8) is 0 Å². The molecule has 100 valence electrons. The quantitative estimate of drug-likeness (QED) is 0.501. The third-order valence-electron chi connectivity index (χ3n) is 3.42. The van der Waals surface area contributed by atoms with E-state index < -0.39 is 9.84 Å². The molecular formula is C11H18N4O2S. The highest BCUT2D eigenvalue weighted by Gasteiger charge is 2.33. The lowest BCUT2D eigenvalue weighted by Gasteiger charge is -2.22. The van der Waals surface area contributed by atoms with Crippen molar-refractivity contribution in [1.82, 2.24) is 10.4 Å². The number of aromatic nitrogens is 1. The maximum atomic E-state index is 11.5. The zero-order valence-electron chi connectivity index (χ0n) is 10.0. The maximum absolute atomic E-state index is 11.5. The van der Waals surface area contributed by atoms with Crippen LogP contribution in [-0.2, 0) is 16.3 Å². The van der Waals surface area contributed by atoms with Crippen molar-refractivity contribution in [3.8, 4) is 0 Å². The molecule has 1 aromatic rings. The maximum Gasteiger partial charge on any atom is 0.150 e. The third kappa shape index (κ3) is 2.98. The number of rotatable bonds is 4. The van der Waals surface area contributed by atoms with Gasteiger partial charge in [-0.2, -0.15) is 0 Å². The molecule has 0 saturated carbocycles. The first-order valence-corrected chi connectivity index (χ1v) is 7.70. The van der Waals surface area contributed by atoms with Crippen LogP contribution >= 0.6 is 0 Å². The van der Waals surface area contributed by atoms with Gasteiger partial charge in [0.25, 0.3) is 0 Å². The molecule has 0 aliphatic carbocycles. The largest absolute Gasteiger partial charge is 0.383 e. The van der Waals surface area contributed by atoms with Gasteiger partial charge in [0.2, 0.25) is 0 Å². The molecule has 1 fully saturated rings. The minimum atomic E-state index is -2.90. The summed E-state index contributed by atoms with van der Waals surface area (Å²) in [5.41, 5.74) is 9.38. The van der Waals surface area contributed by atoms with E-state index in [4.69, 9.17) is 11.6 Å². The van der Waals surface area contributed by atoms with E-state index in [0.29, 0.717) is 18.7 Å². The normalized spacial score (nSPS) is 23.9. The zero-order chi connectivity index (χ0) is 13.2. The van der Waals surface area contributed by atoms with Crippen LogP contribution < -0.4 is 17.0 Å². The summed E-state index contributed by atoms with van der Waals surface area (Å²) in [7, 11) is -2.90. The van der Waals surface area contributed by atoms with Crippen molar-refractivity contribution in [1.29, 1.82) is 0 Å².